The highest BCUT2D eigenvalue weighted by Gasteiger charge is 2.11. The molecule has 0 bridgehead atoms. The lowest BCUT2D eigenvalue weighted by molar-refractivity contribution is -0.121. The summed E-state index contributed by atoms with van der Waals surface area (Å²) in [7, 11) is 3.22. The van der Waals surface area contributed by atoms with Gasteiger partial charge in [-0.05, 0) is 35.0 Å². The van der Waals surface area contributed by atoms with Gasteiger partial charge < -0.3 is 15.4 Å². The van der Waals surface area contributed by atoms with Crippen molar-refractivity contribution in [3.63, 3.8) is 0 Å². The summed E-state index contributed by atoms with van der Waals surface area (Å²) in [5.41, 5.74) is 0.844. The van der Waals surface area contributed by atoms with E-state index in [2.05, 4.69) is 26.6 Å². The van der Waals surface area contributed by atoms with Crippen molar-refractivity contribution in [3.05, 3.63) is 22.7 Å². The average Bonchev–Trinajstić information content (AvgIpc) is 2.30. The normalized spacial score (nSPS) is 11.8. The van der Waals surface area contributed by atoms with E-state index in [1.54, 1.807) is 21.1 Å². The van der Waals surface area contributed by atoms with Gasteiger partial charge in [-0.3, -0.25) is 4.79 Å². The molecule has 1 atom stereocenters. The molecule has 1 amide bonds. The van der Waals surface area contributed by atoms with Crippen molar-refractivity contribution >= 4 is 27.5 Å². The Hall–Kier alpha value is -1.23. The predicted octanol–water partition coefficient (Wildman–Crippen LogP) is 2.00. The number of ether oxygens (including phenoxy) is 1. The fraction of sp³-hybridized carbons (Fsp3) is 0.364. The van der Waals surface area contributed by atoms with E-state index in [0.29, 0.717) is 0 Å². The Kier molecular flexibility index (Phi) is 4.61. The number of benzene rings is 1. The zero-order valence-corrected chi connectivity index (χ0v) is 11.1. The molecule has 0 aromatic heterocycles. The smallest absolute Gasteiger partial charge is 0.241 e. The Morgan fingerprint density at radius 3 is 2.75 bits per heavy atom. The summed E-state index contributed by atoms with van der Waals surface area (Å²) < 4.78 is 6.05. The molecule has 0 aliphatic rings. The van der Waals surface area contributed by atoms with Crippen LogP contribution in [-0.4, -0.2) is 26.1 Å². The summed E-state index contributed by atoms with van der Waals surface area (Å²) >= 11 is 3.37. The third-order valence-corrected chi connectivity index (χ3v) is 2.83. The van der Waals surface area contributed by atoms with Gasteiger partial charge in [0.2, 0.25) is 5.91 Å². The molecule has 16 heavy (non-hydrogen) atoms. The Balaban J connectivity index is 2.78. The van der Waals surface area contributed by atoms with Crippen molar-refractivity contribution in [2.24, 2.45) is 0 Å². The minimum atomic E-state index is -0.282. The molecule has 0 radical (unpaired) electrons. The van der Waals surface area contributed by atoms with E-state index < -0.39 is 0 Å². The first-order valence-corrected chi connectivity index (χ1v) is 5.69. The quantitative estimate of drug-likeness (QED) is 0.890. The highest BCUT2D eigenvalue weighted by molar-refractivity contribution is 9.10. The number of hydrogen-bond acceptors (Lipinski definition) is 3. The lowest BCUT2D eigenvalue weighted by atomic mass is 10.2. The second-order valence-electron chi connectivity index (χ2n) is 3.33. The Morgan fingerprint density at radius 1 is 1.50 bits per heavy atom. The largest absolute Gasteiger partial charge is 0.495 e. The SMILES string of the molecule is CNC(=O)C(C)Nc1ccc(Br)c(OC)c1. The van der Waals surface area contributed by atoms with Crippen LogP contribution in [0.1, 0.15) is 6.92 Å². The van der Waals surface area contributed by atoms with Crippen LogP contribution >= 0.6 is 15.9 Å². The number of anilines is 1. The van der Waals surface area contributed by atoms with Gasteiger partial charge in [0.1, 0.15) is 11.8 Å². The molecule has 0 spiro atoms. The topological polar surface area (TPSA) is 50.4 Å². The minimum absolute atomic E-state index is 0.0538. The van der Waals surface area contributed by atoms with Crippen LogP contribution in [0, 0.1) is 0 Å². The number of methoxy groups -OCH3 is 1. The van der Waals surface area contributed by atoms with Crippen molar-refractivity contribution in [2.75, 3.05) is 19.5 Å². The molecule has 1 aromatic rings. The maximum atomic E-state index is 11.3. The van der Waals surface area contributed by atoms with Crippen LogP contribution in [-0.2, 0) is 4.79 Å². The molecule has 0 heterocycles. The van der Waals surface area contributed by atoms with Crippen molar-refractivity contribution in [2.45, 2.75) is 13.0 Å². The second kappa shape index (κ2) is 5.75. The highest BCUT2D eigenvalue weighted by atomic mass is 79.9. The molecule has 88 valence electrons. The molecule has 5 heteroatoms. The maximum absolute atomic E-state index is 11.3. The molecule has 1 aromatic carbocycles. The van der Waals surface area contributed by atoms with Crippen molar-refractivity contribution < 1.29 is 9.53 Å². The Labute approximate surface area is 103 Å². The van der Waals surface area contributed by atoms with E-state index in [4.69, 9.17) is 4.74 Å². The van der Waals surface area contributed by atoms with E-state index in [1.165, 1.54) is 0 Å². The minimum Gasteiger partial charge on any atom is -0.495 e. The highest BCUT2D eigenvalue weighted by Crippen LogP contribution is 2.28. The van der Waals surface area contributed by atoms with Crippen LogP contribution in [0.4, 0.5) is 5.69 Å². The van der Waals surface area contributed by atoms with Crippen LogP contribution < -0.4 is 15.4 Å². The van der Waals surface area contributed by atoms with E-state index in [9.17, 15) is 4.79 Å². The maximum Gasteiger partial charge on any atom is 0.241 e. The van der Waals surface area contributed by atoms with E-state index in [1.807, 2.05) is 18.2 Å². The van der Waals surface area contributed by atoms with Crippen LogP contribution in [0.15, 0.2) is 22.7 Å². The first kappa shape index (κ1) is 12.8. The number of halogens is 1. The van der Waals surface area contributed by atoms with Gasteiger partial charge in [-0.2, -0.15) is 0 Å². The number of carbonyl (C=O) groups is 1. The number of hydrogen-bond donors (Lipinski definition) is 2. The molecular weight excluding hydrogens is 272 g/mol. The summed E-state index contributed by atoms with van der Waals surface area (Å²) in [5, 5.41) is 5.66. The summed E-state index contributed by atoms with van der Waals surface area (Å²) in [6, 6.07) is 5.31. The summed E-state index contributed by atoms with van der Waals surface area (Å²) in [4.78, 5) is 11.3. The standard InChI is InChI=1S/C11H15BrN2O2/c1-7(11(15)13-2)14-8-4-5-9(12)10(6-8)16-3/h4-7,14H,1-3H3,(H,13,15). The Morgan fingerprint density at radius 2 is 2.19 bits per heavy atom. The molecule has 4 nitrogen and oxygen atoms in total. The van der Waals surface area contributed by atoms with Gasteiger partial charge in [-0.25, -0.2) is 0 Å². The number of likely N-dealkylation sites (N-methyl/N-ethyl adjacent to an activating group) is 1. The van der Waals surface area contributed by atoms with Gasteiger partial charge in [-0.15, -0.1) is 0 Å². The first-order valence-electron chi connectivity index (χ1n) is 4.90. The van der Waals surface area contributed by atoms with E-state index in [-0.39, 0.29) is 11.9 Å². The molecule has 0 saturated heterocycles. The molecule has 2 N–H and O–H groups in total. The molecule has 0 fully saturated rings. The van der Waals surface area contributed by atoms with Crippen molar-refractivity contribution in [1.29, 1.82) is 0 Å². The number of carbonyl (C=O) groups excluding carboxylic acids is 1. The zero-order valence-electron chi connectivity index (χ0n) is 9.50. The van der Waals surface area contributed by atoms with Crippen LogP contribution in [0.25, 0.3) is 0 Å². The van der Waals surface area contributed by atoms with E-state index in [0.717, 1.165) is 15.9 Å². The van der Waals surface area contributed by atoms with Crippen LogP contribution in [0.2, 0.25) is 0 Å². The first-order chi connectivity index (χ1) is 7.58. The number of nitrogens with one attached hydrogen (secondary N) is 2. The molecule has 1 rings (SSSR count). The van der Waals surface area contributed by atoms with Crippen LogP contribution in [0.5, 0.6) is 5.75 Å². The number of rotatable bonds is 4. The molecular formula is C11H15BrN2O2. The van der Waals surface area contributed by atoms with Gasteiger partial charge in [0.05, 0.1) is 11.6 Å². The molecule has 1 unspecified atom stereocenters. The Bertz CT molecular complexity index is 382. The monoisotopic (exact) mass is 286 g/mol. The van der Waals surface area contributed by atoms with E-state index >= 15 is 0 Å². The fourth-order valence-corrected chi connectivity index (χ4v) is 1.69. The second-order valence-corrected chi connectivity index (χ2v) is 4.18. The van der Waals surface area contributed by atoms with Gasteiger partial charge in [0.25, 0.3) is 0 Å². The summed E-state index contributed by atoms with van der Waals surface area (Å²) in [6.45, 7) is 1.80. The van der Waals surface area contributed by atoms with Gasteiger partial charge in [0, 0.05) is 18.8 Å². The zero-order chi connectivity index (χ0) is 12.1. The fourth-order valence-electron chi connectivity index (χ4n) is 1.28. The van der Waals surface area contributed by atoms with Crippen molar-refractivity contribution in [1.82, 2.24) is 5.32 Å². The van der Waals surface area contributed by atoms with Crippen LogP contribution in [0.3, 0.4) is 0 Å². The predicted molar refractivity (Wildman–Crippen MR) is 67.8 cm³/mol. The van der Waals surface area contributed by atoms with Gasteiger partial charge >= 0.3 is 0 Å². The summed E-state index contributed by atoms with van der Waals surface area (Å²) in [6.07, 6.45) is 0. The third-order valence-electron chi connectivity index (χ3n) is 2.17. The third kappa shape index (κ3) is 3.13. The lowest BCUT2D eigenvalue weighted by Crippen LogP contribution is -2.35. The molecule has 0 aliphatic heterocycles. The van der Waals surface area contributed by atoms with Crippen molar-refractivity contribution in [3.8, 4) is 5.75 Å². The number of amides is 1. The van der Waals surface area contributed by atoms with Gasteiger partial charge in [-0.1, -0.05) is 0 Å². The lowest BCUT2D eigenvalue weighted by Gasteiger charge is -2.14. The average molecular weight is 287 g/mol. The molecule has 0 aliphatic carbocycles. The summed E-state index contributed by atoms with van der Waals surface area (Å²) in [5.74, 6) is 0.677. The molecule has 0 saturated carbocycles. The van der Waals surface area contributed by atoms with Gasteiger partial charge in [0.15, 0.2) is 0 Å².